The molecule has 0 spiro atoms. The van der Waals surface area contributed by atoms with E-state index in [1.165, 1.54) is 72.9 Å². The highest BCUT2D eigenvalue weighted by atomic mass is 35.5. The molecule has 0 radical (unpaired) electrons. The Labute approximate surface area is 184 Å². The molecule has 3 heterocycles. The van der Waals surface area contributed by atoms with Crippen LogP contribution in [-0.2, 0) is 0 Å². The van der Waals surface area contributed by atoms with Gasteiger partial charge in [0, 0.05) is 46.5 Å². The number of fused-ring (bicyclic) bond motifs is 4. The Hall–Kier alpha value is -1.20. The van der Waals surface area contributed by atoms with Crippen molar-refractivity contribution in [2.75, 3.05) is 38.1 Å². The number of unbranched alkanes of at least 4 members (excludes halogenated alkanes) is 1. The molecule has 3 aliphatic heterocycles. The van der Waals surface area contributed by atoms with E-state index in [1.54, 1.807) is 0 Å². The van der Waals surface area contributed by atoms with Crippen LogP contribution in [0.3, 0.4) is 0 Å². The van der Waals surface area contributed by atoms with Gasteiger partial charge >= 0.3 is 0 Å². The summed E-state index contributed by atoms with van der Waals surface area (Å²) in [5.41, 5.74) is 2.58. The molecule has 2 aromatic carbocycles. The van der Waals surface area contributed by atoms with E-state index in [4.69, 9.17) is 11.6 Å². The molecule has 29 heavy (non-hydrogen) atoms. The Bertz CT molecular complexity index is 859. The van der Waals surface area contributed by atoms with E-state index in [9.17, 15) is 0 Å². The van der Waals surface area contributed by atoms with Crippen molar-refractivity contribution in [3.8, 4) is 0 Å². The number of hydrogen-bond acceptors (Lipinski definition) is 4. The minimum Gasteiger partial charge on any atom is -0.340 e. The van der Waals surface area contributed by atoms with Crippen molar-refractivity contribution in [1.82, 2.24) is 9.80 Å². The zero-order valence-corrected chi connectivity index (χ0v) is 18.8. The lowest BCUT2D eigenvalue weighted by Gasteiger charge is -2.49. The number of halogens is 1. The predicted octanol–water partition coefficient (Wildman–Crippen LogP) is 5.89. The van der Waals surface area contributed by atoms with Crippen LogP contribution in [0.2, 0.25) is 5.02 Å². The summed E-state index contributed by atoms with van der Waals surface area (Å²) in [6, 6.07) is 16.6. The van der Waals surface area contributed by atoms with E-state index in [2.05, 4.69) is 58.1 Å². The second-order valence-corrected chi connectivity index (χ2v) is 10.3. The predicted molar refractivity (Wildman–Crippen MR) is 124 cm³/mol. The van der Waals surface area contributed by atoms with Crippen LogP contribution >= 0.6 is 23.4 Å². The Morgan fingerprint density at radius 2 is 1.66 bits per heavy atom. The molecule has 2 fully saturated rings. The van der Waals surface area contributed by atoms with Gasteiger partial charge in [0.05, 0.1) is 11.4 Å². The fourth-order valence-corrected chi connectivity index (χ4v) is 6.62. The average Bonchev–Trinajstić information content (AvgIpc) is 2.71. The molecule has 5 rings (SSSR count). The number of likely N-dealkylation sites (tertiary alicyclic amines) is 1. The standard InChI is InChI=1S/C24H30ClN3S/c1-26-16-19-7-6-8-20(17-26)27(19)13-4-5-14-28-21-9-2-3-10-23(21)29-24-12-11-18(25)15-22(24)28/h2-3,9-12,15,19-20H,4-8,13-14,16-17H2,1H3. The van der Waals surface area contributed by atoms with Gasteiger partial charge in [0.25, 0.3) is 0 Å². The van der Waals surface area contributed by atoms with Crippen LogP contribution in [0.4, 0.5) is 11.4 Å². The van der Waals surface area contributed by atoms with Gasteiger partial charge in [-0.25, -0.2) is 0 Å². The topological polar surface area (TPSA) is 9.72 Å². The van der Waals surface area contributed by atoms with Crippen LogP contribution < -0.4 is 4.90 Å². The SMILES string of the molecule is CN1CC2CCCC(C1)N2CCCCN1c2ccccc2Sc2ccc(Cl)cc21. The zero-order valence-electron chi connectivity index (χ0n) is 17.2. The van der Waals surface area contributed by atoms with E-state index in [-0.39, 0.29) is 0 Å². The summed E-state index contributed by atoms with van der Waals surface area (Å²) in [6.45, 7) is 4.79. The highest BCUT2D eigenvalue weighted by molar-refractivity contribution is 7.99. The number of hydrogen-bond donors (Lipinski definition) is 0. The summed E-state index contributed by atoms with van der Waals surface area (Å²) in [7, 11) is 2.29. The molecular formula is C24H30ClN3S. The lowest BCUT2D eigenvalue weighted by Crippen LogP contribution is -2.59. The molecule has 3 aliphatic rings. The maximum absolute atomic E-state index is 6.35. The van der Waals surface area contributed by atoms with Crippen molar-refractivity contribution in [1.29, 1.82) is 0 Å². The number of para-hydroxylation sites is 1. The second kappa shape index (κ2) is 8.50. The molecule has 2 unspecified atom stereocenters. The summed E-state index contributed by atoms with van der Waals surface area (Å²) in [5.74, 6) is 0. The van der Waals surface area contributed by atoms with Crippen LogP contribution in [0, 0.1) is 0 Å². The number of anilines is 2. The molecule has 2 atom stereocenters. The lowest BCUT2D eigenvalue weighted by atomic mass is 9.91. The van der Waals surface area contributed by atoms with E-state index in [0.29, 0.717) is 0 Å². The van der Waals surface area contributed by atoms with Crippen molar-refractivity contribution in [3.05, 3.63) is 47.5 Å². The Kier molecular flexibility index (Phi) is 5.79. The van der Waals surface area contributed by atoms with Crippen molar-refractivity contribution < 1.29 is 0 Å². The molecule has 5 heteroatoms. The van der Waals surface area contributed by atoms with E-state index in [1.807, 2.05) is 17.8 Å². The summed E-state index contributed by atoms with van der Waals surface area (Å²) in [5, 5.41) is 0.819. The van der Waals surface area contributed by atoms with Gasteiger partial charge in [0.2, 0.25) is 0 Å². The van der Waals surface area contributed by atoms with Crippen LogP contribution in [0.5, 0.6) is 0 Å². The molecule has 154 valence electrons. The fourth-order valence-electron chi connectivity index (χ4n) is 5.38. The van der Waals surface area contributed by atoms with Crippen LogP contribution in [0.15, 0.2) is 52.3 Å². The molecule has 3 nitrogen and oxygen atoms in total. The average molecular weight is 428 g/mol. The molecule has 0 aliphatic carbocycles. The number of piperazine rings is 1. The van der Waals surface area contributed by atoms with Crippen molar-refractivity contribution >= 4 is 34.7 Å². The van der Waals surface area contributed by atoms with Crippen molar-refractivity contribution in [2.45, 2.75) is 54.0 Å². The summed E-state index contributed by atoms with van der Waals surface area (Å²) in [6.07, 6.45) is 6.64. The molecule has 0 aromatic heterocycles. The third-order valence-corrected chi connectivity index (χ3v) is 8.06. The quantitative estimate of drug-likeness (QED) is 0.550. The smallest absolute Gasteiger partial charge is 0.0567 e. The highest BCUT2D eigenvalue weighted by Crippen LogP contribution is 2.48. The molecular weight excluding hydrogens is 398 g/mol. The Balaban J connectivity index is 1.26. The van der Waals surface area contributed by atoms with Gasteiger partial charge in [0.1, 0.15) is 0 Å². The summed E-state index contributed by atoms with van der Waals surface area (Å²) >= 11 is 8.21. The minimum atomic E-state index is 0.777. The van der Waals surface area contributed by atoms with Crippen molar-refractivity contribution in [3.63, 3.8) is 0 Å². The second-order valence-electron chi connectivity index (χ2n) is 8.74. The Morgan fingerprint density at radius 3 is 2.48 bits per heavy atom. The lowest BCUT2D eigenvalue weighted by molar-refractivity contribution is 0.000375. The van der Waals surface area contributed by atoms with Crippen LogP contribution in [0.25, 0.3) is 0 Å². The molecule has 2 saturated heterocycles. The van der Waals surface area contributed by atoms with Gasteiger partial charge in [-0.3, -0.25) is 4.90 Å². The molecule has 2 bridgehead atoms. The first kappa shape index (κ1) is 19.7. The van der Waals surface area contributed by atoms with Gasteiger partial charge in [-0.05, 0) is 69.6 Å². The summed E-state index contributed by atoms with van der Waals surface area (Å²) < 4.78 is 0. The van der Waals surface area contributed by atoms with Crippen LogP contribution in [-0.4, -0.2) is 55.1 Å². The van der Waals surface area contributed by atoms with E-state index < -0.39 is 0 Å². The van der Waals surface area contributed by atoms with Gasteiger partial charge in [-0.1, -0.05) is 41.9 Å². The largest absolute Gasteiger partial charge is 0.340 e. The summed E-state index contributed by atoms with van der Waals surface area (Å²) in [4.78, 5) is 10.5. The first-order valence-electron chi connectivity index (χ1n) is 11.0. The number of benzene rings is 2. The van der Waals surface area contributed by atoms with Gasteiger partial charge in [-0.15, -0.1) is 0 Å². The number of rotatable bonds is 5. The number of likely N-dealkylation sites (N-methyl/N-ethyl adjacent to an activating group) is 1. The zero-order chi connectivity index (χ0) is 19.8. The van der Waals surface area contributed by atoms with E-state index in [0.717, 1.165) is 23.7 Å². The first-order chi connectivity index (χ1) is 14.2. The molecule has 0 N–H and O–H groups in total. The van der Waals surface area contributed by atoms with E-state index >= 15 is 0 Å². The molecule has 0 saturated carbocycles. The van der Waals surface area contributed by atoms with Crippen LogP contribution in [0.1, 0.15) is 32.1 Å². The number of piperidine rings is 1. The normalized spacial score (nSPS) is 24.3. The molecule has 2 aromatic rings. The minimum absolute atomic E-state index is 0.777. The van der Waals surface area contributed by atoms with Gasteiger partial charge < -0.3 is 9.80 Å². The maximum atomic E-state index is 6.35. The first-order valence-corrected chi connectivity index (χ1v) is 12.2. The monoisotopic (exact) mass is 427 g/mol. The number of nitrogens with zero attached hydrogens (tertiary/aromatic N) is 3. The fraction of sp³-hybridized carbons (Fsp3) is 0.500. The molecule has 0 amide bonds. The van der Waals surface area contributed by atoms with Crippen molar-refractivity contribution in [2.24, 2.45) is 0 Å². The Morgan fingerprint density at radius 1 is 0.931 bits per heavy atom. The third-order valence-electron chi connectivity index (χ3n) is 6.69. The highest BCUT2D eigenvalue weighted by Gasteiger charge is 2.35. The van der Waals surface area contributed by atoms with Gasteiger partial charge in [0.15, 0.2) is 0 Å². The third kappa shape index (κ3) is 4.05. The van der Waals surface area contributed by atoms with Gasteiger partial charge in [-0.2, -0.15) is 0 Å². The maximum Gasteiger partial charge on any atom is 0.0567 e.